The number of carbonyl (C=O) groups is 3. The zero-order valence-corrected chi connectivity index (χ0v) is 18.0. The molecule has 0 radical (unpaired) electrons. The summed E-state index contributed by atoms with van der Waals surface area (Å²) in [5, 5.41) is 8.43. The molecule has 1 aliphatic heterocycles. The molecule has 0 aromatic carbocycles. The van der Waals surface area contributed by atoms with Gasteiger partial charge in [0.2, 0.25) is 11.8 Å². The zero-order valence-electron chi connectivity index (χ0n) is 16.4. The van der Waals surface area contributed by atoms with E-state index in [2.05, 4.69) is 15.6 Å². The molecule has 1 saturated heterocycles. The minimum absolute atomic E-state index is 0.0673. The third-order valence-electron chi connectivity index (χ3n) is 5.73. The molecule has 4 rings (SSSR count). The number of amides is 3. The van der Waals surface area contributed by atoms with Gasteiger partial charge in [0.15, 0.2) is 0 Å². The number of hydrogen-bond donors (Lipinski definition) is 2. The number of carbonyl (C=O) groups excluding carboxylic acids is 3. The highest BCUT2D eigenvalue weighted by molar-refractivity contribution is 7.14. The smallest absolute Gasteiger partial charge is 0.259 e. The maximum absolute atomic E-state index is 12.8. The van der Waals surface area contributed by atoms with E-state index in [1.165, 1.54) is 17.5 Å². The Kier molecular flexibility index (Phi) is 6.34. The first-order valence-electron chi connectivity index (χ1n) is 10.1. The van der Waals surface area contributed by atoms with Crippen LogP contribution in [0.3, 0.4) is 0 Å². The minimum atomic E-state index is -0.336. The molecule has 0 unspecified atom stereocenters. The average Bonchev–Trinajstić information content (AvgIpc) is 3.38. The van der Waals surface area contributed by atoms with Crippen molar-refractivity contribution in [3.8, 4) is 0 Å². The Bertz CT molecular complexity index is 938. The average molecular weight is 447 g/mol. The summed E-state index contributed by atoms with van der Waals surface area (Å²) in [5.74, 6) is 0.129. The van der Waals surface area contributed by atoms with E-state index in [0.29, 0.717) is 27.8 Å². The van der Waals surface area contributed by atoms with Gasteiger partial charge in [0, 0.05) is 31.1 Å². The Morgan fingerprint density at radius 1 is 1.13 bits per heavy atom. The van der Waals surface area contributed by atoms with Crippen LogP contribution in [0.25, 0.3) is 0 Å². The molecule has 2 aliphatic rings. The molecule has 30 heavy (non-hydrogen) atoms. The van der Waals surface area contributed by atoms with E-state index in [-0.39, 0.29) is 29.7 Å². The van der Waals surface area contributed by atoms with Crippen molar-refractivity contribution in [1.29, 1.82) is 0 Å². The van der Waals surface area contributed by atoms with Gasteiger partial charge in [-0.3, -0.25) is 14.4 Å². The predicted molar refractivity (Wildman–Crippen MR) is 117 cm³/mol. The highest BCUT2D eigenvalue weighted by atomic mass is 35.5. The molecule has 0 atom stereocenters. The van der Waals surface area contributed by atoms with Gasteiger partial charge in [0.25, 0.3) is 5.91 Å². The summed E-state index contributed by atoms with van der Waals surface area (Å²) in [6.45, 7) is 0.844. The third kappa shape index (κ3) is 4.65. The highest BCUT2D eigenvalue weighted by Crippen LogP contribution is 2.32. The van der Waals surface area contributed by atoms with Gasteiger partial charge in [-0.2, -0.15) is 0 Å². The number of nitrogens with one attached hydrogen (secondary N) is 2. The Morgan fingerprint density at radius 3 is 2.60 bits per heavy atom. The summed E-state index contributed by atoms with van der Waals surface area (Å²) in [4.78, 5) is 43.4. The minimum Gasteiger partial charge on any atom is -0.340 e. The van der Waals surface area contributed by atoms with Crippen molar-refractivity contribution in [2.45, 2.75) is 44.6 Å². The maximum Gasteiger partial charge on any atom is 0.259 e. The van der Waals surface area contributed by atoms with E-state index in [1.807, 2.05) is 4.90 Å². The monoisotopic (exact) mass is 446 g/mol. The number of aromatic nitrogens is 1. The molecule has 158 valence electrons. The van der Waals surface area contributed by atoms with E-state index in [1.54, 1.807) is 23.6 Å². The van der Waals surface area contributed by atoms with Crippen LogP contribution in [-0.4, -0.2) is 40.2 Å². The standard InChI is InChI=1S/C21H23ClN4O3S/c22-14-5-8-17(23-12-14)24-20(29)16-9-11-30-21(16)25-19(28)13-3-6-15(7-4-13)26-10-1-2-18(26)27/h5,8-9,11-13,15H,1-4,6-7,10H2,(H,25,28)(H,23,24,29)/t13-,15-. The van der Waals surface area contributed by atoms with E-state index in [0.717, 1.165) is 38.6 Å². The molecule has 7 nitrogen and oxygen atoms in total. The van der Waals surface area contributed by atoms with Crippen LogP contribution in [0.1, 0.15) is 48.9 Å². The topological polar surface area (TPSA) is 91.4 Å². The number of nitrogens with zero attached hydrogens (tertiary/aromatic N) is 2. The summed E-state index contributed by atoms with van der Waals surface area (Å²) in [6, 6.07) is 5.21. The number of thiophene rings is 1. The predicted octanol–water partition coefficient (Wildman–Crippen LogP) is 4.17. The molecule has 1 aliphatic carbocycles. The molecule has 3 heterocycles. The molecular weight excluding hydrogens is 424 g/mol. The number of pyridine rings is 1. The van der Waals surface area contributed by atoms with Crippen molar-refractivity contribution in [2.75, 3.05) is 17.2 Å². The normalized spacial score (nSPS) is 21.5. The summed E-state index contributed by atoms with van der Waals surface area (Å²) >= 11 is 7.13. The van der Waals surface area contributed by atoms with Crippen LogP contribution in [0, 0.1) is 5.92 Å². The molecular formula is C21H23ClN4O3S. The quantitative estimate of drug-likeness (QED) is 0.721. The second kappa shape index (κ2) is 9.14. The number of likely N-dealkylation sites (tertiary alicyclic amines) is 1. The molecule has 2 N–H and O–H groups in total. The van der Waals surface area contributed by atoms with Crippen molar-refractivity contribution >= 4 is 51.5 Å². The van der Waals surface area contributed by atoms with Crippen LogP contribution in [0.15, 0.2) is 29.8 Å². The van der Waals surface area contributed by atoms with E-state index >= 15 is 0 Å². The molecule has 1 saturated carbocycles. The lowest BCUT2D eigenvalue weighted by Gasteiger charge is -2.34. The van der Waals surface area contributed by atoms with Gasteiger partial charge in [0.1, 0.15) is 10.8 Å². The number of hydrogen-bond acceptors (Lipinski definition) is 5. The Balaban J connectivity index is 1.33. The fourth-order valence-corrected chi connectivity index (χ4v) is 5.04. The van der Waals surface area contributed by atoms with Crippen molar-refractivity contribution < 1.29 is 14.4 Å². The molecule has 2 fully saturated rings. The summed E-state index contributed by atoms with van der Waals surface area (Å²) in [6.07, 6.45) is 6.25. The summed E-state index contributed by atoms with van der Waals surface area (Å²) in [7, 11) is 0. The molecule has 0 spiro atoms. The van der Waals surface area contributed by atoms with Crippen LogP contribution in [-0.2, 0) is 9.59 Å². The van der Waals surface area contributed by atoms with E-state index < -0.39 is 0 Å². The molecule has 0 bridgehead atoms. The Labute approximate surface area is 183 Å². The molecule has 3 amide bonds. The van der Waals surface area contributed by atoms with Crippen molar-refractivity contribution in [1.82, 2.24) is 9.88 Å². The lowest BCUT2D eigenvalue weighted by molar-refractivity contribution is -0.130. The van der Waals surface area contributed by atoms with Crippen molar-refractivity contribution in [2.24, 2.45) is 5.92 Å². The van der Waals surface area contributed by atoms with Gasteiger partial charge < -0.3 is 15.5 Å². The van der Waals surface area contributed by atoms with Crippen LogP contribution in [0.5, 0.6) is 0 Å². The molecule has 9 heteroatoms. The van der Waals surface area contributed by atoms with Crippen molar-refractivity contribution in [3.63, 3.8) is 0 Å². The second-order valence-electron chi connectivity index (χ2n) is 7.66. The largest absolute Gasteiger partial charge is 0.340 e. The molecule has 2 aromatic rings. The maximum atomic E-state index is 12.8. The Morgan fingerprint density at radius 2 is 1.93 bits per heavy atom. The molecule has 2 aromatic heterocycles. The van der Waals surface area contributed by atoms with Gasteiger partial charge in [-0.25, -0.2) is 4.98 Å². The van der Waals surface area contributed by atoms with Crippen molar-refractivity contribution in [3.05, 3.63) is 40.4 Å². The fourth-order valence-electron chi connectivity index (χ4n) is 4.14. The van der Waals surface area contributed by atoms with Crippen LogP contribution in [0.2, 0.25) is 5.02 Å². The third-order valence-corrected chi connectivity index (χ3v) is 6.79. The number of rotatable bonds is 5. The van der Waals surface area contributed by atoms with Crippen LogP contribution >= 0.6 is 22.9 Å². The van der Waals surface area contributed by atoms with Gasteiger partial charge in [-0.1, -0.05) is 11.6 Å². The second-order valence-corrected chi connectivity index (χ2v) is 9.02. The van der Waals surface area contributed by atoms with E-state index in [4.69, 9.17) is 11.6 Å². The van der Waals surface area contributed by atoms with Gasteiger partial charge in [-0.15, -0.1) is 11.3 Å². The first kappa shape index (κ1) is 20.8. The SMILES string of the molecule is O=C(Nc1ccc(Cl)cn1)c1ccsc1NC(=O)[C@H]1CC[C@H](N2CCCC2=O)CC1. The fraction of sp³-hybridized carbons (Fsp3) is 0.429. The Hall–Kier alpha value is -2.45. The van der Waals surface area contributed by atoms with E-state index in [9.17, 15) is 14.4 Å². The highest BCUT2D eigenvalue weighted by Gasteiger charge is 2.33. The first-order chi connectivity index (χ1) is 14.5. The van der Waals surface area contributed by atoms with Gasteiger partial charge in [0.05, 0.1) is 10.6 Å². The van der Waals surface area contributed by atoms with Gasteiger partial charge >= 0.3 is 0 Å². The zero-order chi connectivity index (χ0) is 21.1. The lowest BCUT2D eigenvalue weighted by Crippen LogP contribution is -2.40. The summed E-state index contributed by atoms with van der Waals surface area (Å²) < 4.78 is 0. The number of halogens is 1. The van der Waals surface area contributed by atoms with Crippen LogP contribution < -0.4 is 10.6 Å². The number of anilines is 2. The lowest BCUT2D eigenvalue weighted by atomic mass is 9.85. The van der Waals surface area contributed by atoms with Crippen LogP contribution in [0.4, 0.5) is 10.8 Å². The van der Waals surface area contributed by atoms with Gasteiger partial charge in [-0.05, 0) is 55.7 Å². The summed E-state index contributed by atoms with van der Waals surface area (Å²) in [5.41, 5.74) is 0.404. The first-order valence-corrected chi connectivity index (χ1v) is 11.4.